The standard InChI is InChI=1S/C12H15F3O/c1-3-7-11(2,16)9-5-4-6-10(8-9)12(13,14)15/h4-6,8,16H,3,7H2,1-2H3. The molecule has 90 valence electrons. The predicted octanol–water partition coefficient (Wildman–Crippen LogP) is 3.71. The van der Waals surface area contributed by atoms with Gasteiger partial charge in [0.25, 0.3) is 0 Å². The van der Waals surface area contributed by atoms with Crippen LogP contribution in [0.2, 0.25) is 0 Å². The first-order valence-electron chi connectivity index (χ1n) is 5.17. The summed E-state index contributed by atoms with van der Waals surface area (Å²) in [4.78, 5) is 0. The number of hydrogen-bond acceptors (Lipinski definition) is 1. The van der Waals surface area contributed by atoms with Gasteiger partial charge in [-0.1, -0.05) is 25.5 Å². The highest BCUT2D eigenvalue weighted by molar-refractivity contribution is 5.29. The minimum atomic E-state index is -4.36. The molecule has 0 saturated heterocycles. The molecule has 0 bridgehead atoms. The van der Waals surface area contributed by atoms with Crippen LogP contribution in [0.4, 0.5) is 13.2 Å². The summed E-state index contributed by atoms with van der Waals surface area (Å²) >= 11 is 0. The molecule has 1 nitrogen and oxygen atoms in total. The van der Waals surface area contributed by atoms with Gasteiger partial charge in [-0.15, -0.1) is 0 Å². The first-order chi connectivity index (χ1) is 7.27. The maximum atomic E-state index is 12.5. The number of aliphatic hydroxyl groups is 1. The molecule has 0 aromatic heterocycles. The molecule has 0 amide bonds. The Morgan fingerprint density at radius 2 is 1.75 bits per heavy atom. The Bertz CT molecular complexity index is 356. The fraction of sp³-hybridized carbons (Fsp3) is 0.500. The molecule has 0 aliphatic heterocycles. The molecule has 0 saturated carbocycles. The van der Waals surface area contributed by atoms with E-state index in [2.05, 4.69) is 0 Å². The van der Waals surface area contributed by atoms with E-state index in [1.807, 2.05) is 6.92 Å². The quantitative estimate of drug-likeness (QED) is 0.842. The number of halogens is 3. The Hall–Kier alpha value is -1.03. The molecular weight excluding hydrogens is 217 g/mol. The zero-order valence-electron chi connectivity index (χ0n) is 9.30. The van der Waals surface area contributed by atoms with Crippen LogP contribution < -0.4 is 0 Å². The molecule has 1 aromatic carbocycles. The second-order valence-electron chi connectivity index (χ2n) is 4.10. The molecule has 16 heavy (non-hydrogen) atoms. The van der Waals surface area contributed by atoms with Crippen LogP contribution in [0, 0.1) is 0 Å². The third-order valence-electron chi connectivity index (χ3n) is 2.55. The first kappa shape index (κ1) is 13.0. The lowest BCUT2D eigenvalue weighted by molar-refractivity contribution is -0.137. The summed E-state index contributed by atoms with van der Waals surface area (Å²) in [5.74, 6) is 0. The van der Waals surface area contributed by atoms with Crippen molar-refractivity contribution >= 4 is 0 Å². The molecule has 0 fully saturated rings. The van der Waals surface area contributed by atoms with Crippen molar-refractivity contribution in [2.75, 3.05) is 0 Å². The summed E-state index contributed by atoms with van der Waals surface area (Å²) in [7, 11) is 0. The average molecular weight is 232 g/mol. The monoisotopic (exact) mass is 232 g/mol. The first-order valence-corrected chi connectivity index (χ1v) is 5.17. The Morgan fingerprint density at radius 1 is 1.19 bits per heavy atom. The van der Waals surface area contributed by atoms with Crippen molar-refractivity contribution in [3.63, 3.8) is 0 Å². The third kappa shape index (κ3) is 2.98. The van der Waals surface area contributed by atoms with E-state index in [0.29, 0.717) is 18.4 Å². The van der Waals surface area contributed by atoms with E-state index in [1.165, 1.54) is 19.1 Å². The second kappa shape index (κ2) is 4.45. The Kier molecular flexibility index (Phi) is 3.63. The number of alkyl halides is 3. The number of hydrogen-bond donors (Lipinski definition) is 1. The number of rotatable bonds is 3. The highest BCUT2D eigenvalue weighted by Gasteiger charge is 2.32. The van der Waals surface area contributed by atoms with Crippen molar-refractivity contribution in [3.8, 4) is 0 Å². The zero-order chi connectivity index (χ0) is 12.4. The van der Waals surface area contributed by atoms with Gasteiger partial charge in [-0.2, -0.15) is 13.2 Å². The molecule has 0 radical (unpaired) electrons. The van der Waals surface area contributed by atoms with E-state index in [4.69, 9.17) is 0 Å². The zero-order valence-corrected chi connectivity index (χ0v) is 9.30. The molecule has 1 N–H and O–H groups in total. The largest absolute Gasteiger partial charge is 0.416 e. The van der Waals surface area contributed by atoms with Crippen LogP contribution in [0.5, 0.6) is 0 Å². The van der Waals surface area contributed by atoms with Crippen molar-refractivity contribution < 1.29 is 18.3 Å². The van der Waals surface area contributed by atoms with Gasteiger partial charge in [0.2, 0.25) is 0 Å². The van der Waals surface area contributed by atoms with Crippen molar-refractivity contribution in [2.24, 2.45) is 0 Å². The summed E-state index contributed by atoms with van der Waals surface area (Å²) in [6.07, 6.45) is -3.21. The van der Waals surface area contributed by atoms with Gasteiger partial charge >= 0.3 is 6.18 Å². The van der Waals surface area contributed by atoms with Gasteiger partial charge in [0.15, 0.2) is 0 Å². The van der Waals surface area contributed by atoms with Crippen molar-refractivity contribution in [3.05, 3.63) is 35.4 Å². The van der Waals surface area contributed by atoms with E-state index in [-0.39, 0.29) is 0 Å². The fourth-order valence-corrected chi connectivity index (χ4v) is 1.66. The summed E-state index contributed by atoms with van der Waals surface area (Å²) in [5, 5.41) is 10.0. The molecule has 1 rings (SSSR count). The van der Waals surface area contributed by atoms with Crippen LogP contribution in [-0.2, 0) is 11.8 Å². The van der Waals surface area contributed by atoms with Crippen molar-refractivity contribution in [2.45, 2.75) is 38.5 Å². The average Bonchev–Trinajstić information content (AvgIpc) is 2.16. The minimum absolute atomic E-state index is 0.309. The molecule has 1 unspecified atom stereocenters. The maximum absolute atomic E-state index is 12.5. The molecule has 0 aliphatic carbocycles. The Morgan fingerprint density at radius 3 is 2.25 bits per heavy atom. The SMILES string of the molecule is CCCC(C)(O)c1cccc(C(F)(F)F)c1. The van der Waals surface area contributed by atoms with Crippen LogP contribution in [0.1, 0.15) is 37.8 Å². The molecule has 4 heteroatoms. The Balaban J connectivity index is 3.08. The normalized spacial score (nSPS) is 15.9. The molecular formula is C12H15F3O. The van der Waals surface area contributed by atoms with E-state index in [9.17, 15) is 18.3 Å². The summed E-state index contributed by atoms with van der Waals surface area (Å²) in [6.45, 7) is 3.41. The van der Waals surface area contributed by atoms with Gasteiger partial charge in [-0.25, -0.2) is 0 Å². The van der Waals surface area contributed by atoms with Crippen LogP contribution in [0.25, 0.3) is 0 Å². The number of benzene rings is 1. The lowest BCUT2D eigenvalue weighted by Crippen LogP contribution is -2.21. The van der Waals surface area contributed by atoms with E-state index >= 15 is 0 Å². The Labute approximate surface area is 92.9 Å². The molecule has 0 heterocycles. The third-order valence-corrected chi connectivity index (χ3v) is 2.55. The van der Waals surface area contributed by atoms with E-state index in [0.717, 1.165) is 12.1 Å². The van der Waals surface area contributed by atoms with Crippen molar-refractivity contribution in [1.82, 2.24) is 0 Å². The summed E-state index contributed by atoms with van der Waals surface area (Å²) < 4.78 is 37.4. The van der Waals surface area contributed by atoms with Crippen LogP contribution in [0.15, 0.2) is 24.3 Å². The lowest BCUT2D eigenvalue weighted by atomic mass is 9.90. The second-order valence-corrected chi connectivity index (χ2v) is 4.10. The van der Waals surface area contributed by atoms with Gasteiger partial charge in [0.05, 0.1) is 11.2 Å². The molecule has 0 aliphatic rings. The summed E-state index contributed by atoms with van der Waals surface area (Å²) in [5.41, 5.74) is -1.61. The maximum Gasteiger partial charge on any atom is 0.416 e. The van der Waals surface area contributed by atoms with Crippen LogP contribution >= 0.6 is 0 Å². The van der Waals surface area contributed by atoms with Crippen LogP contribution in [-0.4, -0.2) is 5.11 Å². The van der Waals surface area contributed by atoms with Gasteiger partial charge in [-0.3, -0.25) is 0 Å². The van der Waals surface area contributed by atoms with Gasteiger partial charge in [0.1, 0.15) is 0 Å². The van der Waals surface area contributed by atoms with Crippen LogP contribution in [0.3, 0.4) is 0 Å². The lowest BCUT2D eigenvalue weighted by Gasteiger charge is -2.24. The van der Waals surface area contributed by atoms with E-state index < -0.39 is 17.3 Å². The molecule has 1 atom stereocenters. The highest BCUT2D eigenvalue weighted by atomic mass is 19.4. The smallest absolute Gasteiger partial charge is 0.385 e. The fourth-order valence-electron chi connectivity index (χ4n) is 1.66. The van der Waals surface area contributed by atoms with Gasteiger partial charge < -0.3 is 5.11 Å². The minimum Gasteiger partial charge on any atom is -0.385 e. The van der Waals surface area contributed by atoms with Gasteiger partial charge in [0, 0.05) is 0 Å². The van der Waals surface area contributed by atoms with E-state index in [1.54, 1.807) is 0 Å². The molecule has 1 aromatic rings. The topological polar surface area (TPSA) is 20.2 Å². The summed E-state index contributed by atoms with van der Waals surface area (Å²) in [6, 6.07) is 4.86. The predicted molar refractivity (Wildman–Crippen MR) is 55.9 cm³/mol. The highest BCUT2D eigenvalue weighted by Crippen LogP contribution is 2.33. The van der Waals surface area contributed by atoms with Gasteiger partial charge in [-0.05, 0) is 31.0 Å². The molecule has 0 spiro atoms. The van der Waals surface area contributed by atoms with Crippen molar-refractivity contribution in [1.29, 1.82) is 0 Å².